The predicted octanol–water partition coefficient (Wildman–Crippen LogP) is 0.881. The van der Waals surface area contributed by atoms with Gasteiger partial charge in [0.25, 0.3) is 0 Å². The molecule has 3 amide bonds. The van der Waals surface area contributed by atoms with Crippen LogP contribution in [0.5, 0.6) is 0 Å². The molecule has 0 aromatic heterocycles. The molecule has 0 unspecified atom stereocenters. The summed E-state index contributed by atoms with van der Waals surface area (Å²) in [4.78, 5) is 36.8. The molecule has 1 heterocycles. The zero-order chi connectivity index (χ0) is 14.7. The number of amides is 3. The summed E-state index contributed by atoms with van der Waals surface area (Å²) in [5.41, 5.74) is 2.25. The molecule has 1 aliphatic rings. The molecule has 0 aliphatic carbocycles. The van der Waals surface area contributed by atoms with Crippen LogP contribution in [0.25, 0.3) is 0 Å². The van der Waals surface area contributed by atoms with Gasteiger partial charge in [-0.05, 0) is 25.5 Å². The molecule has 0 bridgehead atoms. The lowest BCUT2D eigenvalue weighted by Crippen LogP contribution is -2.53. The number of carbonyl (C=O) groups excluding carboxylic acids is 3. The average molecular weight is 292 g/mol. The summed E-state index contributed by atoms with van der Waals surface area (Å²) >= 11 is 1.43. The summed E-state index contributed by atoms with van der Waals surface area (Å²) in [6.07, 6.45) is 0. The van der Waals surface area contributed by atoms with Crippen LogP contribution in [0.2, 0.25) is 0 Å². The number of piperazine rings is 1. The molecular formula is C14H16N2O3S. The second-order valence-corrected chi connectivity index (χ2v) is 5.80. The van der Waals surface area contributed by atoms with Crippen molar-refractivity contribution >= 4 is 29.5 Å². The molecule has 106 valence electrons. The molecule has 5 nitrogen and oxygen atoms in total. The summed E-state index contributed by atoms with van der Waals surface area (Å²) < 4.78 is 0. The van der Waals surface area contributed by atoms with E-state index in [1.54, 1.807) is 0 Å². The van der Waals surface area contributed by atoms with Crippen molar-refractivity contribution in [3.05, 3.63) is 29.3 Å². The smallest absolute Gasteiger partial charge is 0.246 e. The van der Waals surface area contributed by atoms with Crippen LogP contribution in [-0.2, 0) is 14.4 Å². The molecule has 1 aromatic rings. The first-order valence-electron chi connectivity index (χ1n) is 6.26. The van der Waals surface area contributed by atoms with Crippen LogP contribution in [0, 0.1) is 13.8 Å². The molecule has 1 aliphatic heterocycles. The van der Waals surface area contributed by atoms with E-state index in [-0.39, 0.29) is 24.7 Å². The Kier molecular flexibility index (Phi) is 4.44. The topological polar surface area (TPSA) is 66.5 Å². The minimum Gasteiger partial charge on any atom is -0.323 e. The maximum atomic E-state index is 12.0. The number of hydrogen-bond acceptors (Lipinski definition) is 4. The van der Waals surface area contributed by atoms with Gasteiger partial charge in [0.05, 0.1) is 5.75 Å². The van der Waals surface area contributed by atoms with Gasteiger partial charge in [-0.2, -0.15) is 0 Å². The monoisotopic (exact) mass is 292 g/mol. The Morgan fingerprint density at radius 1 is 1.25 bits per heavy atom. The number of carbonyl (C=O) groups is 3. The van der Waals surface area contributed by atoms with E-state index < -0.39 is 11.8 Å². The van der Waals surface area contributed by atoms with Gasteiger partial charge < -0.3 is 4.90 Å². The molecule has 0 atom stereocenters. The summed E-state index contributed by atoms with van der Waals surface area (Å²) in [6, 6.07) is 6.07. The van der Waals surface area contributed by atoms with Crippen LogP contribution in [0.15, 0.2) is 23.1 Å². The van der Waals surface area contributed by atoms with Gasteiger partial charge in [-0.15, -0.1) is 11.8 Å². The van der Waals surface area contributed by atoms with Crippen molar-refractivity contribution in [3.8, 4) is 0 Å². The van der Waals surface area contributed by atoms with Crippen LogP contribution >= 0.6 is 11.8 Å². The molecule has 1 aromatic carbocycles. The van der Waals surface area contributed by atoms with E-state index in [1.165, 1.54) is 16.7 Å². The number of hydrogen-bond donors (Lipinski definition) is 1. The van der Waals surface area contributed by atoms with Crippen molar-refractivity contribution in [3.63, 3.8) is 0 Å². The van der Waals surface area contributed by atoms with Gasteiger partial charge in [-0.3, -0.25) is 19.7 Å². The number of thioether (sulfide) groups is 1. The van der Waals surface area contributed by atoms with Crippen LogP contribution < -0.4 is 5.32 Å². The fraction of sp³-hybridized carbons (Fsp3) is 0.357. The molecule has 20 heavy (non-hydrogen) atoms. The zero-order valence-electron chi connectivity index (χ0n) is 11.4. The number of nitrogens with one attached hydrogen (secondary N) is 1. The van der Waals surface area contributed by atoms with E-state index in [0.717, 1.165) is 16.0 Å². The van der Waals surface area contributed by atoms with Crippen molar-refractivity contribution in [1.82, 2.24) is 10.2 Å². The highest BCUT2D eigenvalue weighted by Crippen LogP contribution is 2.23. The summed E-state index contributed by atoms with van der Waals surface area (Å²) in [5, 5.41) is 2.18. The normalized spacial score (nSPS) is 15.2. The minimum absolute atomic E-state index is 0.0437. The van der Waals surface area contributed by atoms with Crippen molar-refractivity contribution < 1.29 is 14.4 Å². The van der Waals surface area contributed by atoms with Crippen LogP contribution in [-0.4, -0.2) is 41.5 Å². The highest BCUT2D eigenvalue weighted by Gasteiger charge is 2.26. The summed E-state index contributed by atoms with van der Waals surface area (Å²) in [6.45, 7) is 3.90. The third kappa shape index (κ3) is 3.60. The SMILES string of the molecule is Cc1ccc(C)c(SCC(=O)N2CC(=O)NC(=O)C2)c1. The Labute approximate surface area is 121 Å². The standard InChI is InChI=1S/C14H16N2O3S/c1-9-3-4-10(2)11(5-9)20-8-14(19)16-6-12(17)15-13(18)7-16/h3-5H,6-8H2,1-2H3,(H,15,17,18). The van der Waals surface area contributed by atoms with Crippen LogP contribution in [0.1, 0.15) is 11.1 Å². The minimum atomic E-state index is -0.425. The van der Waals surface area contributed by atoms with E-state index in [1.807, 2.05) is 32.0 Å². The molecule has 6 heteroatoms. The van der Waals surface area contributed by atoms with Crippen molar-refractivity contribution in [1.29, 1.82) is 0 Å². The van der Waals surface area contributed by atoms with Gasteiger partial charge in [0, 0.05) is 4.90 Å². The largest absolute Gasteiger partial charge is 0.323 e. The lowest BCUT2D eigenvalue weighted by atomic mass is 10.2. The highest BCUT2D eigenvalue weighted by atomic mass is 32.2. The van der Waals surface area contributed by atoms with Gasteiger partial charge >= 0.3 is 0 Å². The number of aryl methyl sites for hydroxylation is 2. The van der Waals surface area contributed by atoms with Gasteiger partial charge in [0.15, 0.2) is 0 Å². The van der Waals surface area contributed by atoms with Crippen LogP contribution in [0.3, 0.4) is 0 Å². The van der Waals surface area contributed by atoms with Crippen molar-refractivity contribution in [2.24, 2.45) is 0 Å². The number of benzene rings is 1. The number of imide groups is 1. The first kappa shape index (κ1) is 14.6. The van der Waals surface area contributed by atoms with E-state index in [0.29, 0.717) is 0 Å². The first-order valence-corrected chi connectivity index (χ1v) is 7.25. The Morgan fingerprint density at radius 2 is 1.90 bits per heavy atom. The van der Waals surface area contributed by atoms with Crippen molar-refractivity contribution in [2.45, 2.75) is 18.7 Å². The lowest BCUT2D eigenvalue weighted by Gasteiger charge is -2.25. The van der Waals surface area contributed by atoms with Gasteiger partial charge in [-0.1, -0.05) is 17.7 Å². The fourth-order valence-electron chi connectivity index (χ4n) is 1.91. The average Bonchev–Trinajstić information content (AvgIpc) is 2.38. The molecule has 0 spiro atoms. The molecule has 1 N–H and O–H groups in total. The maximum Gasteiger partial charge on any atom is 0.246 e. The van der Waals surface area contributed by atoms with E-state index in [2.05, 4.69) is 5.32 Å². The second-order valence-electron chi connectivity index (χ2n) is 4.78. The van der Waals surface area contributed by atoms with Gasteiger partial charge in [0.2, 0.25) is 17.7 Å². The highest BCUT2D eigenvalue weighted by molar-refractivity contribution is 8.00. The van der Waals surface area contributed by atoms with Crippen LogP contribution in [0.4, 0.5) is 0 Å². The third-order valence-corrected chi connectivity index (χ3v) is 4.14. The van der Waals surface area contributed by atoms with E-state index in [9.17, 15) is 14.4 Å². The van der Waals surface area contributed by atoms with Gasteiger partial charge in [-0.25, -0.2) is 0 Å². The maximum absolute atomic E-state index is 12.0. The fourth-order valence-corrected chi connectivity index (χ4v) is 2.93. The molecular weight excluding hydrogens is 276 g/mol. The summed E-state index contributed by atoms with van der Waals surface area (Å²) in [5.74, 6) is -0.818. The number of nitrogens with zero attached hydrogens (tertiary/aromatic N) is 1. The third-order valence-electron chi connectivity index (χ3n) is 3.00. The molecule has 2 rings (SSSR count). The quantitative estimate of drug-likeness (QED) is 0.663. The predicted molar refractivity (Wildman–Crippen MR) is 76.4 cm³/mol. The number of rotatable bonds is 3. The molecule has 0 saturated carbocycles. The summed E-state index contributed by atoms with van der Waals surface area (Å²) in [7, 11) is 0. The lowest BCUT2D eigenvalue weighted by molar-refractivity contribution is -0.144. The van der Waals surface area contributed by atoms with E-state index >= 15 is 0 Å². The molecule has 1 fully saturated rings. The van der Waals surface area contributed by atoms with Gasteiger partial charge in [0.1, 0.15) is 13.1 Å². The Morgan fingerprint density at radius 3 is 2.55 bits per heavy atom. The Balaban J connectivity index is 1.96. The second kappa shape index (κ2) is 6.09. The Hall–Kier alpha value is -1.82. The molecule has 0 radical (unpaired) electrons. The zero-order valence-corrected chi connectivity index (χ0v) is 12.3. The van der Waals surface area contributed by atoms with E-state index in [4.69, 9.17) is 0 Å². The van der Waals surface area contributed by atoms with Crippen molar-refractivity contribution in [2.75, 3.05) is 18.8 Å². The Bertz CT molecular complexity index is 556. The molecule has 1 saturated heterocycles. The first-order chi connectivity index (χ1) is 9.45.